The first-order valence-corrected chi connectivity index (χ1v) is 9.72. The first kappa shape index (κ1) is 19.1. The highest BCUT2D eigenvalue weighted by Crippen LogP contribution is 2.28. The topological polar surface area (TPSA) is 27.7 Å². The largest absolute Gasteiger partial charge is 0.492 e. The van der Waals surface area contributed by atoms with Gasteiger partial charge in [0.15, 0.2) is 5.11 Å². The zero-order chi connectivity index (χ0) is 18.5. The lowest BCUT2D eigenvalue weighted by atomic mass is 10.2. The van der Waals surface area contributed by atoms with Gasteiger partial charge in [0.1, 0.15) is 5.75 Å². The lowest BCUT2D eigenvalue weighted by molar-refractivity contribution is 0.341. The fourth-order valence-corrected chi connectivity index (χ4v) is 3.48. The Bertz CT molecular complexity index is 779. The Balaban J connectivity index is 1.59. The van der Waals surface area contributed by atoms with Crippen LogP contribution in [0, 0.1) is 0 Å². The van der Waals surface area contributed by atoms with Crippen molar-refractivity contribution in [1.29, 1.82) is 0 Å². The summed E-state index contributed by atoms with van der Waals surface area (Å²) < 4.78 is 5.65. The van der Waals surface area contributed by atoms with Crippen LogP contribution >= 0.6 is 35.4 Å². The molecule has 2 aromatic rings. The van der Waals surface area contributed by atoms with Gasteiger partial charge < -0.3 is 19.9 Å². The molecule has 1 fully saturated rings. The number of halogens is 2. The van der Waals surface area contributed by atoms with Gasteiger partial charge >= 0.3 is 0 Å². The first-order valence-electron chi connectivity index (χ1n) is 8.56. The molecule has 7 heteroatoms. The Morgan fingerprint density at radius 2 is 1.81 bits per heavy atom. The minimum atomic E-state index is 0.576. The molecule has 0 radical (unpaired) electrons. The highest BCUT2D eigenvalue weighted by Gasteiger charge is 2.20. The van der Waals surface area contributed by atoms with Crippen molar-refractivity contribution >= 4 is 51.9 Å². The van der Waals surface area contributed by atoms with Gasteiger partial charge in [0.25, 0.3) is 0 Å². The monoisotopic (exact) mass is 409 g/mol. The van der Waals surface area contributed by atoms with E-state index in [9.17, 15) is 0 Å². The summed E-state index contributed by atoms with van der Waals surface area (Å²) in [6.45, 7) is 6.00. The van der Waals surface area contributed by atoms with Crippen molar-refractivity contribution in [2.75, 3.05) is 43.0 Å². The second kappa shape index (κ2) is 8.80. The molecule has 3 rings (SSSR count). The normalized spacial score (nSPS) is 14.3. The molecule has 0 atom stereocenters. The zero-order valence-corrected chi connectivity index (χ0v) is 16.9. The van der Waals surface area contributed by atoms with E-state index in [1.54, 1.807) is 0 Å². The molecule has 0 spiro atoms. The van der Waals surface area contributed by atoms with Gasteiger partial charge in [-0.1, -0.05) is 35.3 Å². The van der Waals surface area contributed by atoms with E-state index in [2.05, 4.69) is 15.1 Å². The molecule has 0 aromatic heterocycles. The van der Waals surface area contributed by atoms with E-state index in [0.717, 1.165) is 43.3 Å². The number of nitrogens with one attached hydrogen (secondary N) is 1. The Morgan fingerprint density at radius 3 is 2.50 bits per heavy atom. The summed E-state index contributed by atoms with van der Waals surface area (Å²) in [5, 5.41) is 5.18. The van der Waals surface area contributed by atoms with Gasteiger partial charge in [0, 0.05) is 31.9 Å². The summed E-state index contributed by atoms with van der Waals surface area (Å²) in [7, 11) is 0. The van der Waals surface area contributed by atoms with Crippen LogP contribution in [0.25, 0.3) is 0 Å². The molecular weight excluding hydrogens is 389 g/mol. The van der Waals surface area contributed by atoms with Crippen LogP contribution in [0.3, 0.4) is 0 Å². The van der Waals surface area contributed by atoms with Crippen molar-refractivity contribution in [3.05, 3.63) is 52.5 Å². The van der Waals surface area contributed by atoms with Crippen molar-refractivity contribution in [2.45, 2.75) is 6.92 Å². The SMILES string of the molecule is CCOc1ccccc1NC(=S)N1CCN(c2ccc(Cl)c(Cl)c2)CC1. The third kappa shape index (κ3) is 4.53. The molecule has 1 aliphatic rings. The van der Waals surface area contributed by atoms with Crippen molar-refractivity contribution < 1.29 is 4.74 Å². The summed E-state index contributed by atoms with van der Waals surface area (Å²) in [6.07, 6.45) is 0. The smallest absolute Gasteiger partial charge is 0.173 e. The predicted octanol–water partition coefficient (Wildman–Crippen LogP) is 4.91. The first-order chi connectivity index (χ1) is 12.6. The van der Waals surface area contributed by atoms with E-state index in [4.69, 9.17) is 40.2 Å². The quantitative estimate of drug-likeness (QED) is 0.723. The number of anilines is 2. The molecule has 4 nitrogen and oxygen atoms in total. The molecule has 1 saturated heterocycles. The fourth-order valence-electron chi connectivity index (χ4n) is 2.90. The standard InChI is InChI=1S/C19H21Cl2N3OS/c1-2-25-18-6-4-3-5-17(18)22-19(26)24-11-9-23(10-12-24)14-7-8-15(20)16(21)13-14/h3-8,13H,2,9-12H2,1H3,(H,22,26). The van der Waals surface area contributed by atoms with Crippen LogP contribution in [0.4, 0.5) is 11.4 Å². The zero-order valence-electron chi connectivity index (χ0n) is 14.5. The van der Waals surface area contributed by atoms with Crippen LogP contribution in [-0.4, -0.2) is 42.8 Å². The Morgan fingerprint density at radius 1 is 1.08 bits per heavy atom. The minimum absolute atomic E-state index is 0.576. The minimum Gasteiger partial charge on any atom is -0.492 e. The Hall–Kier alpha value is -1.69. The molecule has 0 bridgehead atoms. The van der Waals surface area contributed by atoms with Crippen LogP contribution in [-0.2, 0) is 0 Å². The fraction of sp³-hybridized carbons (Fsp3) is 0.316. The summed E-state index contributed by atoms with van der Waals surface area (Å²) in [6, 6.07) is 13.6. The molecule has 0 aliphatic carbocycles. The molecule has 1 aliphatic heterocycles. The van der Waals surface area contributed by atoms with Crippen LogP contribution in [0.2, 0.25) is 10.0 Å². The molecule has 2 aromatic carbocycles. The maximum atomic E-state index is 6.13. The third-order valence-corrected chi connectivity index (χ3v) is 5.36. The van der Waals surface area contributed by atoms with Crippen molar-refractivity contribution in [3.63, 3.8) is 0 Å². The van der Waals surface area contributed by atoms with Crippen LogP contribution in [0.1, 0.15) is 6.92 Å². The van der Waals surface area contributed by atoms with E-state index in [1.165, 1.54) is 0 Å². The van der Waals surface area contributed by atoms with Crippen molar-refractivity contribution in [2.24, 2.45) is 0 Å². The Labute approximate surface area is 169 Å². The molecule has 0 unspecified atom stereocenters. The van der Waals surface area contributed by atoms with E-state index in [1.807, 2.05) is 49.4 Å². The molecule has 26 heavy (non-hydrogen) atoms. The van der Waals surface area contributed by atoms with Gasteiger partial charge in [-0.05, 0) is 49.5 Å². The number of rotatable bonds is 4. The maximum absolute atomic E-state index is 6.13. The van der Waals surface area contributed by atoms with Crippen LogP contribution < -0.4 is 15.0 Å². The lowest BCUT2D eigenvalue weighted by Gasteiger charge is -2.37. The average Bonchev–Trinajstić information content (AvgIpc) is 2.66. The third-order valence-electron chi connectivity index (χ3n) is 4.26. The highest BCUT2D eigenvalue weighted by molar-refractivity contribution is 7.80. The number of hydrogen-bond acceptors (Lipinski definition) is 3. The summed E-state index contributed by atoms with van der Waals surface area (Å²) in [4.78, 5) is 4.46. The summed E-state index contributed by atoms with van der Waals surface area (Å²) >= 11 is 17.7. The molecule has 138 valence electrons. The lowest BCUT2D eigenvalue weighted by Crippen LogP contribution is -2.50. The maximum Gasteiger partial charge on any atom is 0.173 e. The van der Waals surface area contributed by atoms with Gasteiger partial charge in [0.2, 0.25) is 0 Å². The van der Waals surface area contributed by atoms with E-state index in [-0.39, 0.29) is 0 Å². The average molecular weight is 410 g/mol. The summed E-state index contributed by atoms with van der Waals surface area (Å²) in [5.41, 5.74) is 1.98. The second-order valence-corrected chi connectivity index (χ2v) is 7.13. The van der Waals surface area contributed by atoms with Crippen LogP contribution in [0.15, 0.2) is 42.5 Å². The highest BCUT2D eigenvalue weighted by atomic mass is 35.5. The second-order valence-electron chi connectivity index (χ2n) is 5.93. The van der Waals surface area contributed by atoms with E-state index >= 15 is 0 Å². The number of hydrogen-bond donors (Lipinski definition) is 1. The van der Waals surface area contributed by atoms with Crippen molar-refractivity contribution in [3.8, 4) is 5.75 Å². The number of piperazine rings is 1. The van der Waals surface area contributed by atoms with E-state index < -0.39 is 0 Å². The molecule has 1 N–H and O–H groups in total. The van der Waals surface area contributed by atoms with Crippen LogP contribution in [0.5, 0.6) is 5.75 Å². The van der Waals surface area contributed by atoms with Crippen molar-refractivity contribution in [1.82, 2.24) is 4.90 Å². The number of para-hydroxylation sites is 2. The number of thiocarbonyl (C=S) groups is 1. The number of benzene rings is 2. The number of nitrogens with zero attached hydrogens (tertiary/aromatic N) is 2. The van der Waals surface area contributed by atoms with E-state index in [0.29, 0.717) is 21.8 Å². The molecular formula is C19H21Cl2N3OS. The van der Waals surface area contributed by atoms with Gasteiger partial charge in [-0.15, -0.1) is 0 Å². The van der Waals surface area contributed by atoms with Gasteiger partial charge in [-0.3, -0.25) is 0 Å². The number of ether oxygens (including phenoxy) is 1. The van der Waals surface area contributed by atoms with Gasteiger partial charge in [-0.25, -0.2) is 0 Å². The predicted molar refractivity (Wildman–Crippen MR) is 114 cm³/mol. The van der Waals surface area contributed by atoms with Gasteiger partial charge in [-0.2, -0.15) is 0 Å². The van der Waals surface area contributed by atoms with Gasteiger partial charge in [0.05, 0.1) is 22.3 Å². The molecule has 0 amide bonds. The summed E-state index contributed by atoms with van der Waals surface area (Å²) in [5.74, 6) is 0.812. The molecule has 1 heterocycles. The molecule has 0 saturated carbocycles. The Kier molecular flexibility index (Phi) is 6.46.